The molecule has 0 atom stereocenters. The van der Waals surface area contributed by atoms with Gasteiger partial charge in [-0.1, -0.05) is 23.7 Å². The number of benzene rings is 1. The van der Waals surface area contributed by atoms with Crippen LogP contribution in [0.4, 0.5) is 0 Å². The van der Waals surface area contributed by atoms with Crippen molar-refractivity contribution in [1.29, 1.82) is 0 Å². The summed E-state index contributed by atoms with van der Waals surface area (Å²) < 4.78 is 30.9. The van der Waals surface area contributed by atoms with Crippen LogP contribution >= 0.6 is 11.6 Å². The monoisotopic (exact) mass is 370 g/mol. The fourth-order valence-corrected chi connectivity index (χ4v) is 3.82. The Labute approximate surface area is 146 Å². The minimum Gasteiger partial charge on any atom is -0.419 e. The third-order valence-electron chi connectivity index (χ3n) is 3.90. The average molecular weight is 371 g/mol. The lowest BCUT2D eigenvalue weighted by molar-refractivity contribution is 0.184. The van der Waals surface area contributed by atoms with E-state index in [2.05, 4.69) is 19.8 Å². The molecular formula is C15H19ClN4O3S. The predicted octanol–water partition coefficient (Wildman–Crippen LogP) is 1.90. The third kappa shape index (κ3) is 4.54. The molecule has 1 aromatic carbocycles. The zero-order valence-electron chi connectivity index (χ0n) is 13.3. The quantitative estimate of drug-likeness (QED) is 0.864. The van der Waals surface area contributed by atoms with Gasteiger partial charge in [0.15, 0.2) is 0 Å². The maximum atomic E-state index is 11.3. The second-order valence-corrected chi connectivity index (χ2v) is 8.11. The smallest absolute Gasteiger partial charge is 0.249 e. The molecule has 1 aliphatic heterocycles. The second kappa shape index (κ2) is 7.18. The van der Waals surface area contributed by atoms with E-state index in [4.69, 9.17) is 16.0 Å². The number of piperidine rings is 1. The van der Waals surface area contributed by atoms with Crippen molar-refractivity contribution in [3.8, 4) is 11.5 Å². The van der Waals surface area contributed by atoms with Gasteiger partial charge in [-0.3, -0.25) is 4.90 Å². The molecule has 0 saturated carbocycles. The summed E-state index contributed by atoms with van der Waals surface area (Å²) in [5.74, 6) is 0.934. The van der Waals surface area contributed by atoms with Crippen LogP contribution in [0, 0.1) is 0 Å². The third-order valence-corrected chi connectivity index (χ3v) is 4.99. The van der Waals surface area contributed by atoms with Gasteiger partial charge < -0.3 is 4.42 Å². The highest BCUT2D eigenvalue weighted by Crippen LogP contribution is 2.26. The van der Waals surface area contributed by atoms with Crippen molar-refractivity contribution in [3.63, 3.8) is 0 Å². The van der Waals surface area contributed by atoms with E-state index in [1.807, 2.05) is 18.2 Å². The fraction of sp³-hybridized carbons (Fsp3) is 0.467. The average Bonchev–Trinajstić information content (AvgIpc) is 2.96. The molecule has 130 valence electrons. The van der Waals surface area contributed by atoms with Crippen molar-refractivity contribution in [2.45, 2.75) is 25.4 Å². The molecule has 24 heavy (non-hydrogen) atoms. The molecule has 0 amide bonds. The van der Waals surface area contributed by atoms with Gasteiger partial charge >= 0.3 is 0 Å². The van der Waals surface area contributed by atoms with E-state index in [9.17, 15) is 8.42 Å². The van der Waals surface area contributed by atoms with E-state index < -0.39 is 10.0 Å². The van der Waals surface area contributed by atoms with Gasteiger partial charge in [-0.15, -0.1) is 10.2 Å². The Bertz CT molecular complexity index is 801. The van der Waals surface area contributed by atoms with Crippen LogP contribution in [0.5, 0.6) is 0 Å². The van der Waals surface area contributed by atoms with Crippen LogP contribution in [0.25, 0.3) is 11.5 Å². The standard InChI is InChI=1S/C15H19ClN4O3S/c1-24(21,22)19-11-6-8-20(9-7-11)10-14-17-18-15(23-14)12-4-2-3-5-13(12)16/h2-5,11,19H,6-10H2,1H3. The van der Waals surface area contributed by atoms with E-state index in [-0.39, 0.29) is 6.04 Å². The molecule has 2 aromatic rings. The summed E-state index contributed by atoms with van der Waals surface area (Å²) in [5.41, 5.74) is 0.717. The summed E-state index contributed by atoms with van der Waals surface area (Å²) in [6.45, 7) is 2.09. The largest absolute Gasteiger partial charge is 0.419 e. The van der Waals surface area contributed by atoms with Gasteiger partial charge in [0.25, 0.3) is 0 Å². The Morgan fingerprint density at radius 2 is 2.00 bits per heavy atom. The van der Waals surface area contributed by atoms with E-state index >= 15 is 0 Å². The lowest BCUT2D eigenvalue weighted by Gasteiger charge is -2.30. The number of likely N-dealkylation sites (tertiary alicyclic amines) is 1. The number of hydrogen-bond donors (Lipinski definition) is 1. The summed E-state index contributed by atoms with van der Waals surface area (Å²) in [4.78, 5) is 2.17. The van der Waals surface area contributed by atoms with Crippen LogP contribution in [-0.4, -0.2) is 48.9 Å². The fourth-order valence-electron chi connectivity index (χ4n) is 2.76. The van der Waals surface area contributed by atoms with E-state index in [1.165, 1.54) is 6.26 Å². The summed E-state index contributed by atoms with van der Waals surface area (Å²) in [6.07, 6.45) is 2.71. The highest BCUT2D eigenvalue weighted by atomic mass is 35.5. The first-order chi connectivity index (χ1) is 11.4. The number of nitrogens with zero attached hydrogens (tertiary/aromatic N) is 3. The molecular weight excluding hydrogens is 352 g/mol. The van der Waals surface area contributed by atoms with Gasteiger partial charge in [0, 0.05) is 19.1 Å². The van der Waals surface area contributed by atoms with Gasteiger partial charge in [0.1, 0.15) is 0 Å². The molecule has 1 fully saturated rings. The Kier molecular flexibility index (Phi) is 5.19. The minimum atomic E-state index is -3.15. The molecule has 1 aliphatic rings. The van der Waals surface area contributed by atoms with Gasteiger partial charge in [-0.2, -0.15) is 0 Å². The molecule has 7 nitrogen and oxygen atoms in total. The Hall–Kier alpha value is -1.48. The molecule has 1 saturated heterocycles. The maximum absolute atomic E-state index is 11.3. The molecule has 2 heterocycles. The molecule has 0 radical (unpaired) electrons. The highest BCUT2D eigenvalue weighted by Gasteiger charge is 2.23. The molecule has 9 heteroatoms. The van der Waals surface area contributed by atoms with Crippen LogP contribution in [0.1, 0.15) is 18.7 Å². The normalized spacial score (nSPS) is 17.2. The molecule has 1 aromatic heterocycles. The van der Waals surface area contributed by atoms with Crippen molar-refractivity contribution in [2.24, 2.45) is 0 Å². The van der Waals surface area contributed by atoms with Crippen LogP contribution in [0.2, 0.25) is 5.02 Å². The van der Waals surface area contributed by atoms with Crippen molar-refractivity contribution < 1.29 is 12.8 Å². The summed E-state index contributed by atoms with van der Waals surface area (Å²) in [7, 11) is -3.15. The molecule has 0 spiro atoms. The van der Waals surface area contributed by atoms with Crippen molar-refractivity contribution in [3.05, 3.63) is 35.2 Å². The zero-order valence-corrected chi connectivity index (χ0v) is 14.8. The first kappa shape index (κ1) is 17.3. The van der Waals surface area contributed by atoms with Crippen molar-refractivity contribution in [2.75, 3.05) is 19.3 Å². The van der Waals surface area contributed by atoms with Crippen molar-refractivity contribution >= 4 is 21.6 Å². The van der Waals surface area contributed by atoms with Crippen LogP contribution in [0.15, 0.2) is 28.7 Å². The Morgan fingerprint density at radius 3 is 2.67 bits per heavy atom. The Morgan fingerprint density at radius 1 is 1.29 bits per heavy atom. The maximum Gasteiger partial charge on any atom is 0.249 e. The van der Waals surface area contributed by atoms with Gasteiger partial charge in [-0.05, 0) is 25.0 Å². The van der Waals surface area contributed by atoms with Crippen LogP contribution in [0.3, 0.4) is 0 Å². The van der Waals surface area contributed by atoms with E-state index in [1.54, 1.807) is 6.07 Å². The Balaban J connectivity index is 1.58. The molecule has 0 bridgehead atoms. The predicted molar refractivity (Wildman–Crippen MR) is 91.0 cm³/mol. The van der Waals surface area contributed by atoms with Crippen LogP contribution in [-0.2, 0) is 16.6 Å². The first-order valence-electron chi connectivity index (χ1n) is 7.67. The lowest BCUT2D eigenvalue weighted by atomic mass is 10.1. The summed E-state index contributed by atoms with van der Waals surface area (Å²) >= 11 is 6.13. The summed E-state index contributed by atoms with van der Waals surface area (Å²) in [6, 6.07) is 7.32. The molecule has 0 unspecified atom stereocenters. The highest BCUT2D eigenvalue weighted by molar-refractivity contribution is 7.88. The SMILES string of the molecule is CS(=O)(=O)NC1CCN(Cc2nnc(-c3ccccc3Cl)o2)CC1. The van der Waals surface area contributed by atoms with Crippen molar-refractivity contribution in [1.82, 2.24) is 19.8 Å². The van der Waals surface area contributed by atoms with Crippen LogP contribution < -0.4 is 4.72 Å². The molecule has 3 rings (SSSR count). The second-order valence-electron chi connectivity index (χ2n) is 5.92. The van der Waals surface area contributed by atoms with E-state index in [0.717, 1.165) is 25.9 Å². The number of halogens is 1. The lowest BCUT2D eigenvalue weighted by Crippen LogP contribution is -2.43. The number of nitrogens with one attached hydrogen (secondary N) is 1. The van der Waals surface area contributed by atoms with Gasteiger partial charge in [-0.25, -0.2) is 13.1 Å². The molecule has 0 aliphatic carbocycles. The van der Waals surface area contributed by atoms with E-state index in [0.29, 0.717) is 28.9 Å². The van der Waals surface area contributed by atoms with Gasteiger partial charge in [0.05, 0.1) is 23.4 Å². The van der Waals surface area contributed by atoms with Gasteiger partial charge in [0.2, 0.25) is 21.8 Å². The number of rotatable bonds is 5. The summed E-state index contributed by atoms with van der Waals surface area (Å²) in [5, 5.41) is 8.70. The zero-order chi connectivity index (χ0) is 17.2. The number of hydrogen-bond acceptors (Lipinski definition) is 6. The molecule has 1 N–H and O–H groups in total. The minimum absolute atomic E-state index is 0.00220. The topological polar surface area (TPSA) is 88.3 Å². The number of aromatic nitrogens is 2. The first-order valence-corrected chi connectivity index (χ1v) is 9.94. The number of sulfonamides is 1.